The molecule has 1 N–H and O–H groups in total. The van der Waals surface area contributed by atoms with Crippen molar-refractivity contribution in [2.75, 3.05) is 13.1 Å². The van der Waals surface area contributed by atoms with Crippen LogP contribution in [0.25, 0.3) is 0 Å². The second-order valence-electron chi connectivity index (χ2n) is 5.08. The summed E-state index contributed by atoms with van der Waals surface area (Å²) >= 11 is 0. The van der Waals surface area contributed by atoms with Crippen LogP contribution in [0.2, 0.25) is 0 Å². The van der Waals surface area contributed by atoms with Gasteiger partial charge < -0.3 is 5.32 Å². The molecule has 1 heteroatoms. The quantitative estimate of drug-likeness (QED) is 0.796. The van der Waals surface area contributed by atoms with Gasteiger partial charge in [0.05, 0.1) is 0 Å². The average molecular weight is 203 g/mol. The summed E-state index contributed by atoms with van der Waals surface area (Å²) in [4.78, 5) is 0. The third-order valence-electron chi connectivity index (χ3n) is 3.55. The van der Waals surface area contributed by atoms with Crippen molar-refractivity contribution in [1.29, 1.82) is 0 Å². The van der Waals surface area contributed by atoms with Crippen molar-refractivity contribution in [2.45, 2.75) is 32.6 Å². The van der Waals surface area contributed by atoms with Crippen LogP contribution in [-0.2, 0) is 6.42 Å². The van der Waals surface area contributed by atoms with Crippen molar-refractivity contribution in [1.82, 2.24) is 5.32 Å². The Kier molecular flexibility index (Phi) is 3.42. The van der Waals surface area contributed by atoms with Crippen LogP contribution in [0.3, 0.4) is 0 Å². The van der Waals surface area contributed by atoms with Crippen LogP contribution in [0.4, 0.5) is 0 Å². The Morgan fingerprint density at radius 2 is 2.07 bits per heavy atom. The van der Waals surface area contributed by atoms with Crippen LogP contribution in [0.1, 0.15) is 31.7 Å². The highest BCUT2D eigenvalue weighted by Gasteiger charge is 2.25. The molecule has 0 amide bonds. The first-order valence-electron chi connectivity index (χ1n) is 6.03. The number of piperidine rings is 1. The Morgan fingerprint density at radius 1 is 1.27 bits per heavy atom. The van der Waals surface area contributed by atoms with Crippen LogP contribution < -0.4 is 5.32 Å². The topological polar surface area (TPSA) is 12.0 Å². The molecule has 1 fully saturated rings. The Morgan fingerprint density at radius 3 is 2.73 bits per heavy atom. The van der Waals surface area contributed by atoms with Crippen molar-refractivity contribution in [2.24, 2.45) is 5.41 Å². The largest absolute Gasteiger partial charge is 0.316 e. The van der Waals surface area contributed by atoms with Crippen molar-refractivity contribution in [3.8, 4) is 0 Å². The van der Waals surface area contributed by atoms with Crippen molar-refractivity contribution < 1.29 is 0 Å². The molecular weight excluding hydrogens is 182 g/mol. The highest BCUT2D eigenvalue weighted by Crippen LogP contribution is 2.30. The number of rotatable bonds is 3. The van der Waals surface area contributed by atoms with Gasteiger partial charge in [0.25, 0.3) is 0 Å². The molecule has 0 aromatic heterocycles. The monoisotopic (exact) mass is 203 g/mol. The van der Waals surface area contributed by atoms with Gasteiger partial charge in [0.1, 0.15) is 0 Å². The molecule has 1 nitrogen and oxygen atoms in total. The molecule has 1 saturated heterocycles. The van der Waals surface area contributed by atoms with Crippen LogP contribution in [-0.4, -0.2) is 13.1 Å². The minimum atomic E-state index is 0.522. The Labute approximate surface area is 92.9 Å². The van der Waals surface area contributed by atoms with Gasteiger partial charge in [0.2, 0.25) is 0 Å². The van der Waals surface area contributed by atoms with E-state index >= 15 is 0 Å². The molecule has 0 unspecified atom stereocenters. The van der Waals surface area contributed by atoms with Gasteiger partial charge in [-0.15, -0.1) is 0 Å². The number of nitrogens with one attached hydrogen (secondary N) is 1. The zero-order valence-electron chi connectivity index (χ0n) is 9.63. The molecular formula is C14H21N. The Hall–Kier alpha value is -0.820. The lowest BCUT2D eigenvalue weighted by molar-refractivity contribution is 0.218. The van der Waals surface area contributed by atoms with E-state index in [0.29, 0.717) is 5.41 Å². The van der Waals surface area contributed by atoms with Gasteiger partial charge in [0, 0.05) is 6.54 Å². The molecule has 1 aliphatic rings. The normalized spacial score (nSPS) is 26.5. The lowest BCUT2D eigenvalue weighted by Gasteiger charge is -2.34. The van der Waals surface area contributed by atoms with Gasteiger partial charge in [-0.05, 0) is 43.2 Å². The third kappa shape index (κ3) is 3.07. The summed E-state index contributed by atoms with van der Waals surface area (Å²) in [6.07, 6.45) is 5.25. The van der Waals surface area contributed by atoms with Gasteiger partial charge in [0.15, 0.2) is 0 Å². The number of aryl methyl sites for hydroxylation is 1. The molecule has 2 rings (SSSR count). The van der Waals surface area contributed by atoms with E-state index in [1.54, 1.807) is 0 Å². The predicted octanol–water partition coefficient (Wildman–Crippen LogP) is 3.01. The molecule has 0 saturated carbocycles. The summed E-state index contributed by atoms with van der Waals surface area (Å²) in [5, 5.41) is 3.51. The predicted molar refractivity (Wildman–Crippen MR) is 65.0 cm³/mol. The second kappa shape index (κ2) is 4.80. The van der Waals surface area contributed by atoms with E-state index in [1.165, 1.54) is 44.3 Å². The summed E-state index contributed by atoms with van der Waals surface area (Å²) in [5.41, 5.74) is 2.00. The Bertz CT molecular complexity index is 285. The van der Waals surface area contributed by atoms with E-state index in [2.05, 4.69) is 42.6 Å². The van der Waals surface area contributed by atoms with E-state index in [-0.39, 0.29) is 0 Å². The van der Waals surface area contributed by atoms with Crippen LogP contribution in [0.15, 0.2) is 30.3 Å². The molecule has 1 atom stereocenters. The molecule has 1 heterocycles. The highest BCUT2D eigenvalue weighted by molar-refractivity contribution is 5.15. The zero-order valence-corrected chi connectivity index (χ0v) is 9.63. The molecule has 0 bridgehead atoms. The molecule has 82 valence electrons. The summed E-state index contributed by atoms with van der Waals surface area (Å²) in [6.45, 7) is 4.82. The maximum absolute atomic E-state index is 3.51. The number of hydrogen-bond donors (Lipinski definition) is 1. The van der Waals surface area contributed by atoms with Gasteiger partial charge in [-0.1, -0.05) is 37.3 Å². The lowest BCUT2D eigenvalue weighted by Crippen LogP contribution is -2.38. The first-order chi connectivity index (χ1) is 7.29. The molecule has 15 heavy (non-hydrogen) atoms. The number of hydrogen-bond acceptors (Lipinski definition) is 1. The summed E-state index contributed by atoms with van der Waals surface area (Å²) in [5.74, 6) is 0. The first-order valence-corrected chi connectivity index (χ1v) is 6.03. The SMILES string of the molecule is C[C@@]1(CCc2ccccc2)CCCNC1. The molecule has 1 aromatic rings. The van der Waals surface area contributed by atoms with Crippen molar-refractivity contribution in [3.05, 3.63) is 35.9 Å². The van der Waals surface area contributed by atoms with Gasteiger partial charge in [-0.2, -0.15) is 0 Å². The van der Waals surface area contributed by atoms with E-state index < -0.39 is 0 Å². The van der Waals surface area contributed by atoms with Crippen LogP contribution in [0, 0.1) is 5.41 Å². The summed E-state index contributed by atoms with van der Waals surface area (Å²) in [7, 11) is 0. The maximum atomic E-state index is 3.51. The minimum absolute atomic E-state index is 0.522. The fourth-order valence-electron chi connectivity index (χ4n) is 2.42. The summed E-state index contributed by atoms with van der Waals surface area (Å²) in [6, 6.07) is 10.8. The summed E-state index contributed by atoms with van der Waals surface area (Å²) < 4.78 is 0. The van der Waals surface area contributed by atoms with Crippen molar-refractivity contribution >= 4 is 0 Å². The fourth-order valence-corrected chi connectivity index (χ4v) is 2.42. The first kappa shape index (κ1) is 10.7. The van der Waals surface area contributed by atoms with Crippen molar-refractivity contribution in [3.63, 3.8) is 0 Å². The van der Waals surface area contributed by atoms with Gasteiger partial charge in [-0.3, -0.25) is 0 Å². The standard InChI is InChI=1S/C14H21N/c1-14(9-5-11-15-12-14)10-8-13-6-3-2-4-7-13/h2-4,6-7,15H,5,8-12H2,1H3/t14-/m0/s1. The number of benzene rings is 1. The second-order valence-corrected chi connectivity index (χ2v) is 5.08. The zero-order chi connectivity index (χ0) is 10.6. The minimum Gasteiger partial charge on any atom is -0.316 e. The Balaban J connectivity index is 1.87. The van der Waals surface area contributed by atoms with Crippen LogP contribution >= 0.6 is 0 Å². The smallest absolute Gasteiger partial charge is 0.000528 e. The fraction of sp³-hybridized carbons (Fsp3) is 0.571. The third-order valence-corrected chi connectivity index (χ3v) is 3.55. The van der Waals surface area contributed by atoms with E-state index in [9.17, 15) is 0 Å². The molecule has 0 aliphatic carbocycles. The molecule has 1 aliphatic heterocycles. The average Bonchev–Trinajstić information content (AvgIpc) is 2.29. The molecule has 0 radical (unpaired) electrons. The maximum Gasteiger partial charge on any atom is 0.000528 e. The van der Waals surface area contributed by atoms with Crippen LogP contribution in [0.5, 0.6) is 0 Å². The highest BCUT2D eigenvalue weighted by atomic mass is 14.9. The van der Waals surface area contributed by atoms with Gasteiger partial charge >= 0.3 is 0 Å². The lowest BCUT2D eigenvalue weighted by atomic mass is 9.78. The van der Waals surface area contributed by atoms with E-state index in [1.807, 2.05) is 0 Å². The molecule has 1 aromatic carbocycles. The molecule has 0 spiro atoms. The van der Waals surface area contributed by atoms with Gasteiger partial charge in [-0.25, -0.2) is 0 Å². The van der Waals surface area contributed by atoms with E-state index in [0.717, 1.165) is 0 Å². The van der Waals surface area contributed by atoms with E-state index in [4.69, 9.17) is 0 Å².